The molecule has 3 aromatic carbocycles. The average molecular weight is 517 g/mol. The molecule has 0 spiro atoms. The van der Waals surface area contributed by atoms with Gasteiger partial charge in [-0.2, -0.15) is 5.10 Å². The summed E-state index contributed by atoms with van der Waals surface area (Å²) in [6.45, 7) is 0. The van der Waals surface area contributed by atoms with Gasteiger partial charge in [-0.05, 0) is 54.6 Å². The van der Waals surface area contributed by atoms with Crippen LogP contribution in [0.3, 0.4) is 0 Å². The summed E-state index contributed by atoms with van der Waals surface area (Å²) in [5.74, 6) is -1.09. The zero-order valence-electron chi connectivity index (χ0n) is 15.3. The first-order valence-corrected chi connectivity index (χ1v) is 10.4. The molecule has 0 radical (unpaired) electrons. The Hall–Kier alpha value is -2.28. The highest BCUT2D eigenvalue weighted by atomic mass is 35.5. The molecule has 0 saturated carbocycles. The van der Waals surface area contributed by atoms with E-state index in [9.17, 15) is 9.59 Å². The van der Waals surface area contributed by atoms with Gasteiger partial charge in [-0.3, -0.25) is 4.79 Å². The Balaban J connectivity index is 1.78. The Morgan fingerprint density at radius 1 is 0.774 bits per heavy atom. The Kier molecular flexibility index (Phi) is 7.81. The van der Waals surface area contributed by atoms with E-state index in [1.807, 2.05) is 0 Å². The zero-order valence-corrected chi connectivity index (χ0v) is 19.1. The van der Waals surface area contributed by atoms with Crippen LogP contribution in [0.2, 0.25) is 25.1 Å². The lowest BCUT2D eigenvalue weighted by atomic mass is 10.2. The van der Waals surface area contributed by atoms with Crippen LogP contribution in [-0.4, -0.2) is 18.1 Å². The van der Waals surface area contributed by atoms with Crippen LogP contribution in [0.4, 0.5) is 0 Å². The van der Waals surface area contributed by atoms with Crippen LogP contribution in [0.25, 0.3) is 0 Å². The highest BCUT2D eigenvalue weighted by Crippen LogP contribution is 2.26. The molecule has 3 rings (SSSR count). The van der Waals surface area contributed by atoms with Crippen molar-refractivity contribution in [1.29, 1.82) is 0 Å². The van der Waals surface area contributed by atoms with Gasteiger partial charge in [-0.1, -0.05) is 58.0 Å². The van der Waals surface area contributed by atoms with Crippen LogP contribution in [0, 0.1) is 0 Å². The van der Waals surface area contributed by atoms with Crippen molar-refractivity contribution < 1.29 is 14.3 Å². The maximum Gasteiger partial charge on any atom is 0.345 e. The highest BCUT2D eigenvalue weighted by molar-refractivity contribution is 6.37. The lowest BCUT2D eigenvalue weighted by molar-refractivity contribution is 0.0734. The van der Waals surface area contributed by atoms with E-state index in [0.29, 0.717) is 20.6 Å². The number of benzene rings is 3. The lowest BCUT2D eigenvalue weighted by Crippen LogP contribution is -2.18. The molecule has 5 nitrogen and oxygen atoms in total. The Bertz CT molecular complexity index is 1200. The van der Waals surface area contributed by atoms with Crippen molar-refractivity contribution in [2.45, 2.75) is 0 Å². The number of esters is 1. The number of nitrogens with one attached hydrogen (secondary N) is 1. The van der Waals surface area contributed by atoms with E-state index in [1.165, 1.54) is 60.8 Å². The summed E-state index contributed by atoms with van der Waals surface area (Å²) in [4.78, 5) is 24.8. The van der Waals surface area contributed by atoms with E-state index < -0.39 is 11.9 Å². The fourth-order valence-electron chi connectivity index (χ4n) is 2.42. The van der Waals surface area contributed by atoms with Crippen molar-refractivity contribution in [3.63, 3.8) is 0 Å². The number of carbonyl (C=O) groups excluding carboxylic acids is 2. The van der Waals surface area contributed by atoms with Crippen LogP contribution >= 0.6 is 58.0 Å². The molecule has 1 amide bonds. The standard InChI is InChI=1S/C21H11Cl5N2O3/c22-12-3-6-19(31-21(30)16-5-2-14(24)9-18(16)26)11(7-12)10-27-28-20(29)15-4-1-13(23)8-17(15)25/h1-10H,(H,28,29)/b27-10+. The number of carbonyl (C=O) groups is 2. The Labute approximate surface area is 202 Å². The normalized spacial score (nSPS) is 10.9. The third-order valence-electron chi connectivity index (χ3n) is 3.87. The fraction of sp³-hybridized carbons (Fsp3) is 0. The number of ether oxygens (including phenoxy) is 1. The van der Waals surface area contributed by atoms with Crippen LogP contribution in [0.1, 0.15) is 26.3 Å². The summed E-state index contributed by atoms with van der Waals surface area (Å²) >= 11 is 29.8. The maximum absolute atomic E-state index is 12.5. The summed E-state index contributed by atoms with van der Waals surface area (Å²) in [7, 11) is 0. The second-order valence-corrected chi connectivity index (χ2v) is 8.14. The molecular formula is C21H11Cl5N2O3. The molecule has 31 heavy (non-hydrogen) atoms. The van der Waals surface area contributed by atoms with Gasteiger partial charge in [0.2, 0.25) is 0 Å². The Morgan fingerprint density at radius 2 is 1.32 bits per heavy atom. The van der Waals surface area contributed by atoms with E-state index in [0.717, 1.165) is 0 Å². The number of amides is 1. The van der Waals surface area contributed by atoms with Gasteiger partial charge >= 0.3 is 5.97 Å². The van der Waals surface area contributed by atoms with Gasteiger partial charge in [-0.25, -0.2) is 10.2 Å². The second-order valence-electron chi connectivity index (χ2n) is 6.02. The van der Waals surface area contributed by atoms with Crippen molar-refractivity contribution in [2.75, 3.05) is 0 Å². The second kappa shape index (κ2) is 10.4. The van der Waals surface area contributed by atoms with Gasteiger partial charge in [0.1, 0.15) is 5.75 Å². The van der Waals surface area contributed by atoms with Crippen molar-refractivity contribution in [2.24, 2.45) is 5.10 Å². The minimum Gasteiger partial charge on any atom is -0.422 e. The van der Waals surface area contributed by atoms with Gasteiger partial charge in [0, 0.05) is 20.6 Å². The SMILES string of the molecule is O=C(N/N=C/c1cc(Cl)ccc1OC(=O)c1ccc(Cl)cc1Cl)c1ccc(Cl)cc1Cl. The predicted octanol–water partition coefficient (Wildman–Crippen LogP) is 6.94. The third-order valence-corrected chi connectivity index (χ3v) is 5.20. The lowest BCUT2D eigenvalue weighted by Gasteiger charge is -2.09. The van der Waals surface area contributed by atoms with Crippen molar-refractivity contribution in [3.8, 4) is 5.75 Å². The molecule has 158 valence electrons. The summed E-state index contributed by atoms with van der Waals surface area (Å²) in [5.41, 5.74) is 3.01. The third kappa shape index (κ3) is 6.12. The summed E-state index contributed by atoms with van der Waals surface area (Å²) in [5, 5.41) is 5.37. The predicted molar refractivity (Wildman–Crippen MR) is 124 cm³/mol. The quantitative estimate of drug-likeness (QED) is 0.173. The minimum atomic E-state index is -0.698. The zero-order chi connectivity index (χ0) is 22.5. The summed E-state index contributed by atoms with van der Waals surface area (Å²) < 4.78 is 5.42. The monoisotopic (exact) mass is 514 g/mol. The van der Waals surface area contributed by atoms with Crippen molar-refractivity contribution >= 4 is 76.1 Å². The number of nitrogens with zero attached hydrogens (tertiary/aromatic N) is 1. The molecular weight excluding hydrogens is 506 g/mol. The van der Waals surface area contributed by atoms with Gasteiger partial charge < -0.3 is 4.74 Å². The van der Waals surface area contributed by atoms with Gasteiger partial charge in [0.25, 0.3) is 5.91 Å². The van der Waals surface area contributed by atoms with Crippen LogP contribution in [0.15, 0.2) is 59.7 Å². The Morgan fingerprint density at radius 3 is 1.94 bits per heavy atom. The number of rotatable bonds is 5. The summed E-state index contributed by atoms with van der Waals surface area (Å²) in [6, 6.07) is 13.4. The number of hydrogen-bond acceptors (Lipinski definition) is 4. The molecule has 0 atom stereocenters. The van der Waals surface area contributed by atoms with Gasteiger partial charge in [-0.15, -0.1) is 0 Å². The van der Waals surface area contributed by atoms with E-state index in [-0.39, 0.29) is 26.9 Å². The first-order valence-electron chi connectivity index (χ1n) is 8.50. The maximum atomic E-state index is 12.5. The molecule has 0 aliphatic rings. The minimum absolute atomic E-state index is 0.134. The summed E-state index contributed by atoms with van der Waals surface area (Å²) in [6.07, 6.45) is 1.28. The topological polar surface area (TPSA) is 67.8 Å². The molecule has 0 heterocycles. The molecule has 10 heteroatoms. The number of halogens is 5. The van der Waals surface area contributed by atoms with E-state index in [4.69, 9.17) is 62.7 Å². The largest absolute Gasteiger partial charge is 0.422 e. The molecule has 1 N–H and O–H groups in total. The van der Waals surface area contributed by atoms with Crippen molar-refractivity contribution in [3.05, 3.63) is 96.4 Å². The molecule has 0 fully saturated rings. The van der Waals surface area contributed by atoms with Gasteiger partial charge in [0.05, 0.1) is 27.4 Å². The number of hydrogen-bond donors (Lipinski definition) is 1. The smallest absolute Gasteiger partial charge is 0.345 e. The van der Waals surface area contributed by atoms with E-state index in [2.05, 4.69) is 10.5 Å². The van der Waals surface area contributed by atoms with Gasteiger partial charge in [0.15, 0.2) is 0 Å². The highest BCUT2D eigenvalue weighted by Gasteiger charge is 2.15. The number of hydrazone groups is 1. The van der Waals surface area contributed by atoms with Crippen LogP contribution < -0.4 is 10.2 Å². The molecule has 0 bridgehead atoms. The van der Waals surface area contributed by atoms with E-state index in [1.54, 1.807) is 0 Å². The molecule has 0 aromatic heterocycles. The van der Waals surface area contributed by atoms with E-state index >= 15 is 0 Å². The van der Waals surface area contributed by atoms with Crippen molar-refractivity contribution in [1.82, 2.24) is 5.43 Å². The van der Waals surface area contributed by atoms with Crippen LogP contribution in [0.5, 0.6) is 5.75 Å². The fourth-order valence-corrected chi connectivity index (χ4v) is 3.58. The average Bonchev–Trinajstić information content (AvgIpc) is 2.69. The molecule has 0 aliphatic carbocycles. The first kappa shape index (κ1) is 23.4. The molecule has 0 unspecified atom stereocenters. The first-order chi connectivity index (χ1) is 14.7. The molecule has 3 aromatic rings. The molecule has 0 saturated heterocycles. The van der Waals surface area contributed by atoms with Crippen LogP contribution in [-0.2, 0) is 0 Å². The molecule has 0 aliphatic heterocycles.